The summed E-state index contributed by atoms with van der Waals surface area (Å²) in [6.45, 7) is 2.69. The fourth-order valence-corrected chi connectivity index (χ4v) is 1.74. The van der Waals surface area contributed by atoms with Gasteiger partial charge in [0.2, 0.25) is 5.95 Å². The van der Waals surface area contributed by atoms with Crippen LogP contribution in [0, 0.1) is 6.92 Å². The Morgan fingerprint density at radius 1 is 1.57 bits per heavy atom. The Bertz CT molecular complexity index is 419. The zero-order valence-electron chi connectivity index (χ0n) is 7.93. The summed E-state index contributed by atoms with van der Waals surface area (Å²) in [6.07, 6.45) is 1.86. The van der Waals surface area contributed by atoms with Gasteiger partial charge in [-0.25, -0.2) is 9.67 Å². The van der Waals surface area contributed by atoms with Gasteiger partial charge >= 0.3 is 0 Å². The monoisotopic (exact) mass is 210 g/mol. The number of nitrogens with one attached hydrogen (secondary N) is 1. The summed E-state index contributed by atoms with van der Waals surface area (Å²) in [7, 11) is 1.79. The Balaban J connectivity index is 1.98. The van der Waals surface area contributed by atoms with Crippen LogP contribution >= 0.6 is 11.3 Å². The first-order valence-electron chi connectivity index (χ1n) is 4.13. The third kappa shape index (κ3) is 1.87. The van der Waals surface area contributed by atoms with Crippen LogP contribution in [0.5, 0.6) is 0 Å². The summed E-state index contributed by atoms with van der Waals surface area (Å²) >= 11 is 1.66. The molecule has 0 spiro atoms. The molecule has 2 aromatic rings. The van der Waals surface area contributed by atoms with Crippen LogP contribution < -0.4 is 5.32 Å². The molecule has 0 aliphatic rings. The first-order chi connectivity index (χ1) is 6.75. The molecule has 0 unspecified atom stereocenters. The van der Waals surface area contributed by atoms with Gasteiger partial charge in [0, 0.05) is 18.1 Å². The van der Waals surface area contributed by atoms with E-state index in [4.69, 9.17) is 0 Å². The average Bonchev–Trinajstić information content (AvgIpc) is 2.72. The van der Waals surface area contributed by atoms with E-state index in [-0.39, 0.29) is 0 Å². The second kappa shape index (κ2) is 3.70. The van der Waals surface area contributed by atoms with Gasteiger partial charge in [-0.2, -0.15) is 0 Å². The lowest BCUT2D eigenvalue weighted by Crippen LogP contribution is -2.05. The molecule has 2 aromatic heterocycles. The Labute approximate surface area is 85.0 Å². The molecule has 2 rings (SSSR count). The van der Waals surface area contributed by atoms with Gasteiger partial charge in [-0.3, -0.25) is 0 Å². The fourth-order valence-electron chi connectivity index (χ4n) is 1.02. The quantitative estimate of drug-likeness (QED) is 0.802. The van der Waals surface area contributed by atoms with Crippen LogP contribution in [0.1, 0.15) is 9.88 Å². The molecule has 0 atom stereocenters. The number of hydrogen-bond acceptors (Lipinski definition) is 6. The number of aromatic nitrogens is 5. The maximum atomic E-state index is 4.22. The van der Waals surface area contributed by atoms with E-state index in [1.807, 2.05) is 13.1 Å². The molecule has 0 aliphatic heterocycles. The predicted molar refractivity (Wildman–Crippen MR) is 53.0 cm³/mol. The standard InChI is InChI=1S/C7H10N6S/c1-5-3-8-6(14-5)4-9-7-10-11-12-13(7)2/h3H,4H2,1-2H3,(H,9,10,12). The summed E-state index contributed by atoms with van der Waals surface area (Å²) in [5, 5.41) is 15.2. The summed E-state index contributed by atoms with van der Waals surface area (Å²) in [4.78, 5) is 5.43. The summed E-state index contributed by atoms with van der Waals surface area (Å²) in [6, 6.07) is 0. The van der Waals surface area contributed by atoms with Gasteiger partial charge in [-0.05, 0) is 17.4 Å². The van der Waals surface area contributed by atoms with E-state index in [1.54, 1.807) is 23.1 Å². The lowest BCUT2D eigenvalue weighted by atomic mass is 10.6. The third-order valence-electron chi connectivity index (χ3n) is 1.69. The second-order valence-electron chi connectivity index (χ2n) is 2.84. The van der Waals surface area contributed by atoms with E-state index >= 15 is 0 Å². The molecule has 0 fully saturated rings. The van der Waals surface area contributed by atoms with Crippen molar-refractivity contribution in [3.63, 3.8) is 0 Å². The molecule has 74 valence electrons. The molecule has 1 N–H and O–H groups in total. The summed E-state index contributed by atoms with van der Waals surface area (Å²) < 4.78 is 1.58. The fraction of sp³-hybridized carbons (Fsp3) is 0.429. The van der Waals surface area contributed by atoms with Crippen molar-refractivity contribution < 1.29 is 0 Å². The first kappa shape index (κ1) is 9.07. The second-order valence-corrected chi connectivity index (χ2v) is 4.16. The van der Waals surface area contributed by atoms with Gasteiger partial charge < -0.3 is 5.32 Å². The highest BCUT2D eigenvalue weighted by Gasteiger charge is 2.02. The summed E-state index contributed by atoms with van der Waals surface area (Å²) in [5.41, 5.74) is 0. The highest BCUT2D eigenvalue weighted by Crippen LogP contribution is 2.12. The molecular weight excluding hydrogens is 200 g/mol. The largest absolute Gasteiger partial charge is 0.347 e. The van der Waals surface area contributed by atoms with Crippen molar-refractivity contribution in [3.05, 3.63) is 16.1 Å². The molecule has 0 radical (unpaired) electrons. The molecule has 14 heavy (non-hydrogen) atoms. The Hall–Kier alpha value is -1.50. The molecule has 6 nitrogen and oxygen atoms in total. The van der Waals surface area contributed by atoms with Gasteiger partial charge in [0.15, 0.2) is 0 Å². The molecular formula is C7H10N6S. The molecule has 0 saturated carbocycles. The number of anilines is 1. The lowest BCUT2D eigenvalue weighted by Gasteiger charge is -1.99. The average molecular weight is 210 g/mol. The summed E-state index contributed by atoms with van der Waals surface area (Å²) in [5.74, 6) is 0.651. The van der Waals surface area contributed by atoms with Gasteiger partial charge in [0.05, 0.1) is 6.54 Å². The van der Waals surface area contributed by atoms with Crippen LogP contribution in [0.25, 0.3) is 0 Å². The van der Waals surface area contributed by atoms with Crippen LogP contribution in [0.15, 0.2) is 6.20 Å². The SMILES string of the molecule is Cc1cnc(CNc2nnnn2C)s1. The van der Waals surface area contributed by atoms with E-state index in [1.165, 1.54) is 4.88 Å². The lowest BCUT2D eigenvalue weighted by molar-refractivity contribution is 0.712. The number of aryl methyl sites for hydroxylation is 2. The van der Waals surface area contributed by atoms with Gasteiger partial charge in [-0.15, -0.1) is 11.3 Å². The zero-order chi connectivity index (χ0) is 9.97. The van der Waals surface area contributed by atoms with Crippen LogP contribution in [-0.4, -0.2) is 25.2 Å². The van der Waals surface area contributed by atoms with Crippen LogP contribution in [0.4, 0.5) is 5.95 Å². The van der Waals surface area contributed by atoms with Crippen molar-refractivity contribution in [2.75, 3.05) is 5.32 Å². The minimum Gasteiger partial charge on any atom is -0.347 e. The third-order valence-corrected chi connectivity index (χ3v) is 2.60. The van der Waals surface area contributed by atoms with Crippen molar-refractivity contribution in [1.29, 1.82) is 0 Å². The molecule has 0 saturated heterocycles. The van der Waals surface area contributed by atoms with Gasteiger partial charge in [-0.1, -0.05) is 5.10 Å². The normalized spacial score (nSPS) is 10.4. The van der Waals surface area contributed by atoms with E-state index < -0.39 is 0 Å². The zero-order valence-corrected chi connectivity index (χ0v) is 8.75. The van der Waals surface area contributed by atoms with Crippen LogP contribution in [-0.2, 0) is 13.6 Å². The Morgan fingerprint density at radius 2 is 2.43 bits per heavy atom. The molecule has 0 aromatic carbocycles. The maximum Gasteiger partial charge on any atom is 0.242 e. The van der Waals surface area contributed by atoms with Crippen molar-refractivity contribution in [2.45, 2.75) is 13.5 Å². The minimum atomic E-state index is 0.651. The number of nitrogens with zero attached hydrogens (tertiary/aromatic N) is 5. The highest BCUT2D eigenvalue weighted by atomic mass is 32.1. The van der Waals surface area contributed by atoms with Crippen LogP contribution in [0.3, 0.4) is 0 Å². The van der Waals surface area contributed by atoms with E-state index in [9.17, 15) is 0 Å². The Morgan fingerprint density at radius 3 is 3.00 bits per heavy atom. The Kier molecular flexibility index (Phi) is 2.40. The number of rotatable bonds is 3. The van der Waals surface area contributed by atoms with Gasteiger partial charge in [0.25, 0.3) is 0 Å². The highest BCUT2D eigenvalue weighted by molar-refractivity contribution is 7.11. The van der Waals surface area contributed by atoms with E-state index in [0.717, 1.165) is 5.01 Å². The van der Waals surface area contributed by atoms with Crippen LogP contribution in [0.2, 0.25) is 0 Å². The maximum absolute atomic E-state index is 4.22. The van der Waals surface area contributed by atoms with Crippen molar-refractivity contribution in [3.8, 4) is 0 Å². The number of hydrogen-bond donors (Lipinski definition) is 1. The molecule has 0 bridgehead atoms. The smallest absolute Gasteiger partial charge is 0.242 e. The minimum absolute atomic E-state index is 0.651. The molecule has 0 amide bonds. The molecule has 2 heterocycles. The predicted octanol–water partition coefficient (Wildman–Crippen LogP) is 0.587. The first-order valence-corrected chi connectivity index (χ1v) is 4.95. The van der Waals surface area contributed by atoms with Crippen molar-refractivity contribution in [1.82, 2.24) is 25.2 Å². The number of tetrazole rings is 1. The van der Waals surface area contributed by atoms with Crippen molar-refractivity contribution in [2.24, 2.45) is 7.05 Å². The van der Waals surface area contributed by atoms with Crippen molar-refractivity contribution >= 4 is 17.3 Å². The molecule has 0 aliphatic carbocycles. The van der Waals surface area contributed by atoms with E-state index in [2.05, 4.69) is 25.8 Å². The topological polar surface area (TPSA) is 68.5 Å². The number of thiazole rings is 1. The van der Waals surface area contributed by atoms with E-state index in [0.29, 0.717) is 12.5 Å². The molecule has 7 heteroatoms. The van der Waals surface area contributed by atoms with Gasteiger partial charge in [0.1, 0.15) is 5.01 Å².